The summed E-state index contributed by atoms with van der Waals surface area (Å²) in [7, 11) is 0. The monoisotopic (exact) mass is 295 g/mol. The standard InChI is InChI=1S/C14H18ClN3S/c1-3-6-16-10(2)12-5-4-11(9-13(12)15)19-14-17-7-8-18-14/h4-5,7-10,16H,3,6H2,1-2H3,(H,17,18). The number of nitrogens with zero attached hydrogens (tertiary/aromatic N) is 1. The van der Waals surface area contributed by atoms with Crippen molar-refractivity contribution >= 4 is 23.4 Å². The van der Waals surface area contributed by atoms with Crippen LogP contribution in [0.4, 0.5) is 0 Å². The molecule has 5 heteroatoms. The lowest BCUT2D eigenvalue weighted by Gasteiger charge is -2.15. The molecular weight excluding hydrogens is 278 g/mol. The van der Waals surface area contributed by atoms with E-state index in [-0.39, 0.29) is 6.04 Å². The number of nitrogens with one attached hydrogen (secondary N) is 2. The number of halogens is 1. The van der Waals surface area contributed by atoms with Crippen LogP contribution < -0.4 is 5.32 Å². The third kappa shape index (κ3) is 4.00. The van der Waals surface area contributed by atoms with Gasteiger partial charge in [0.25, 0.3) is 0 Å². The first kappa shape index (κ1) is 14.4. The highest BCUT2D eigenvalue weighted by molar-refractivity contribution is 7.99. The lowest BCUT2D eigenvalue weighted by atomic mass is 10.1. The van der Waals surface area contributed by atoms with E-state index in [1.165, 1.54) is 0 Å². The maximum absolute atomic E-state index is 6.36. The molecule has 0 aliphatic rings. The van der Waals surface area contributed by atoms with Crippen molar-refractivity contribution in [2.45, 2.75) is 36.4 Å². The quantitative estimate of drug-likeness (QED) is 0.836. The van der Waals surface area contributed by atoms with E-state index in [2.05, 4.69) is 41.3 Å². The summed E-state index contributed by atoms with van der Waals surface area (Å²) in [6.07, 6.45) is 4.68. The van der Waals surface area contributed by atoms with E-state index in [9.17, 15) is 0 Å². The second kappa shape index (κ2) is 6.98. The van der Waals surface area contributed by atoms with E-state index in [0.717, 1.165) is 33.6 Å². The van der Waals surface area contributed by atoms with Gasteiger partial charge in [0, 0.05) is 28.4 Å². The first-order valence-corrected chi connectivity index (χ1v) is 7.60. The maximum atomic E-state index is 6.36. The Morgan fingerprint density at radius 3 is 2.95 bits per heavy atom. The molecule has 19 heavy (non-hydrogen) atoms. The van der Waals surface area contributed by atoms with Gasteiger partial charge in [-0.15, -0.1) is 0 Å². The SMILES string of the molecule is CCCNC(C)c1ccc(Sc2ncc[nH]2)cc1Cl. The number of hydrogen-bond acceptors (Lipinski definition) is 3. The molecule has 1 heterocycles. The zero-order valence-corrected chi connectivity index (χ0v) is 12.7. The predicted molar refractivity (Wildman–Crippen MR) is 80.9 cm³/mol. The first-order valence-electron chi connectivity index (χ1n) is 6.40. The molecule has 0 radical (unpaired) electrons. The molecule has 0 saturated carbocycles. The minimum Gasteiger partial charge on any atom is -0.339 e. The summed E-state index contributed by atoms with van der Waals surface area (Å²) in [5.74, 6) is 0. The predicted octanol–water partition coefficient (Wildman–Crippen LogP) is 4.27. The van der Waals surface area contributed by atoms with Gasteiger partial charge in [-0.25, -0.2) is 4.98 Å². The molecule has 1 unspecified atom stereocenters. The first-order chi connectivity index (χ1) is 9.20. The molecule has 1 aromatic carbocycles. The van der Waals surface area contributed by atoms with Crippen LogP contribution in [0.2, 0.25) is 5.02 Å². The highest BCUT2D eigenvalue weighted by Gasteiger charge is 2.10. The van der Waals surface area contributed by atoms with Crippen molar-refractivity contribution in [3.8, 4) is 0 Å². The fraction of sp³-hybridized carbons (Fsp3) is 0.357. The average molecular weight is 296 g/mol. The summed E-state index contributed by atoms with van der Waals surface area (Å²) >= 11 is 7.93. The van der Waals surface area contributed by atoms with Gasteiger partial charge in [-0.2, -0.15) is 0 Å². The third-order valence-corrected chi connectivity index (χ3v) is 4.06. The Morgan fingerprint density at radius 2 is 2.32 bits per heavy atom. The van der Waals surface area contributed by atoms with Gasteiger partial charge in [0.2, 0.25) is 0 Å². The smallest absolute Gasteiger partial charge is 0.170 e. The van der Waals surface area contributed by atoms with Crippen LogP contribution in [0, 0.1) is 0 Å². The van der Waals surface area contributed by atoms with Crippen molar-refractivity contribution in [1.29, 1.82) is 0 Å². The largest absolute Gasteiger partial charge is 0.339 e. The molecule has 3 nitrogen and oxygen atoms in total. The number of hydrogen-bond donors (Lipinski definition) is 2. The van der Waals surface area contributed by atoms with Gasteiger partial charge in [-0.1, -0.05) is 36.4 Å². The molecule has 102 valence electrons. The number of benzene rings is 1. The summed E-state index contributed by atoms with van der Waals surface area (Å²) in [5.41, 5.74) is 1.14. The highest BCUT2D eigenvalue weighted by Crippen LogP contribution is 2.31. The average Bonchev–Trinajstić information content (AvgIpc) is 2.89. The van der Waals surface area contributed by atoms with Crippen LogP contribution in [0.3, 0.4) is 0 Å². The molecule has 2 aromatic rings. The van der Waals surface area contributed by atoms with Gasteiger partial charge in [0.05, 0.1) is 0 Å². The molecule has 0 amide bonds. The topological polar surface area (TPSA) is 40.7 Å². The molecule has 0 spiro atoms. The van der Waals surface area contributed by atoms with E-state index < -0.39 is 0 Å². The normalized spacial score (nSPS) is 12.6. The molecule has 2 rings (SSSR count). The third-order valence-electron chi connectivity index (χ3n) is 2.83. The van der Waals surface area contributed by atoms with E-state index in [1.54, 1.807) is 18.0 Å². The van der Waals surface area contributed by atoms with Crippen LogP contribution in [-0.4, -0.2) is 16.5 Å². The van der Waals surface area contributed by atoms with Gasteiger partial charge in [-0.05, 0) is 37.6 Å². The maximum Gasteiger partial charge on any atom is 0.170 e. The van der Waals surface area contributed by atoms with Crippen LogP contribution in [0.1, 0.15) is 31.9 Å². The summed E-state index contributed by atoms with van der Waals surface area (Å²) in [4.78, 5) is 8.35. The second-order valence-electron chi connectivity index (χ2n) is 4.36. The Balaban J connectivity index is 2.08. The van der Waals surface area contributed by atoms with Crippen molar-refractivity contribution in [3.63, 3.8) is 0 Å². The lowest BCUT2D eigenvalue weighted by Crippen LogP contribution is -2.19. The summed E-state index contributed by atoms with van der Waals surface area (Å²) in [6, 6.07) is 6.43. The van der Waals surface area contributed by atoms with Gasteiger partial charge < -0.3 is 10.3 Å². The Morgan fingerprint density at radius 1 is 1.47 bits per heavy atom. The Labute approximate surface area is 123 Å². The van der Waals surface area contributed by atoms with E-state index >= 15 is 0 Å². The zero-order chi connectivity index (χ0) is 13.7. The van der Waals surface area contributed by atoms with Crippen molar-refractivity contribution in [3.05, 3.63) is 41.2 Å². The van der Waals surface area contributed by atoms with Crippen LogP contribution >= 0.6 is 23.4 Å². The minimum absolute atomic E-state index is 0.273. The number of rotatable bonds is 6. The number of aromatic nitrogens is 2. The molecule has 0 saturated heterocycles. The Bertz CT molecular complexity index is 513. The van der Waals surface area contributed by atoms with Gasteiger partial charge >= 0.3 is 0 Å². The summed E-state index contributed by atoms with van der Waals surface area (Å²) in [6.45, 7) is 5.29. The minimum atomic E-state index is 0.273. The molecule has 2 N–H and O–H groups in total. The van der Waals surface area contributed by atoms with E-state index in [4.69, 9.17) is 11.6 Å². The molecule has 0 bridgehead atoms. The summed E-state index contributed by atoms with van der Waals surface area (Å²) in [5, 5.41) is 5.12. The van der Waals surface area contributed by atoms with Gasteiger partial charge in [0.15, 0.2) is 5.16 Å². The molecule has 1 atom stereocenters. The van der Waals surface area contributed by atoms with Crippen LogP contribution in [0.5, 0.6) is 0 Å². The molecule has 0 aliphatic carbocycles. The van der Waals surface area contributed by atoms with Crippen LogP contribution in [0.25, 0.3) is 0 Å². The van der Waals surface area contributed by atoms with Gasteiger partial charge in [0.1, 0.15) is 0 Å². The highest BCUT2D eigenvalue weighted by atomic mass is 35.5. The van der Waals surface area contributed by atoms with Crippen LogP contribution in [0.15, 0.2) is 40.6 Å². The zero-order valence-electron chi connectivity index (χ0n) is 11.1. The molecule has 1 aromatic heterocycles. The van der Waals surface area contributed by atoms with Crippen LogP contribution in [-0.2, 0) is 0 Å². The van der Waals surface area contributed by atoms with E-state index in [1.807, 2.05) is 12.3 Å². The van der Waals surface area contributed by atoms with E-state index in [0.29, 0.717) is 0 Å². The fourth-order valence-electron chi connectivity index (χ4n) is 1.81. The fourth-order valence-corrected chi connectivity index (χ4v) is 3.00. The second-order valence-corrected chi connectivity index (χ2v) is 5.82. The number of H-pyrrole nitrogens is 1. The Hall–Kier alpha value is -0.970. The number of imidazole rings is 1. The number of aromatic amines is 1. The lowest BCUT2D eigenvalue weighted by molar-refractivity contribution is 0.570. The molecular formula is C14H18ClN3S. The molecule has 0 aliphatic heterocycles. The molecule has 0 fully saturated rings. The van der Waals surface area contributed by atoms with Crippen molar-refractivity contribution < 1.29 is 0 Å². The van der Waals surface area contributed by atoms with Crippen molar-refractivity contribution in [1.82, 2.24) is 15.3 Å². The Kier molecular flexibility index (Phi) is 5.31. The van der Waals surface area contributed by atoms with Crippen molar-refractivity contribution in [2.24, 2.45) is 0 Å². The van der Waals surface area contributed by atoms with Gasteiger partial charge in [-0.3, -0.25) is 0 Å². The van der Waals surface area contributed by atoms with Crippen molar-refractivity contribution in [2.75, 3.05) is 6.54 Å². The summed E-state index contributed by atoms with van der Waals surface area (Å²) < 4.78 is 0.